The van der Waals surface area contributed by atoms with Gasteiger partial charge in [0.1, 0.15) is 13.2 Å². The molecular weight excluding hydrogens is 322 g/mol. The number of rotatable bonds is 3. The van der Waals surface area contributed by atoms with Gasteiger partial charge in [-0.1, -0.05) is 34.8 Å². The number of fused-ring (bicyclic) bond motifs is 1. The van der Waals surface area contributed by atoms with Gasteiger partial charge in [0.2, 0.25) is 0 Å². The van der Waals surface area contributed by atoms with E-state index in [0.29, 0.717) is 30.3 Å². The molecule has 1 heterocycles. The SMILES string of the molecule is O=C(NC1(CBr)CCCC1)c1cccc2c1OCCO2. The second-order valence-electron chi connectivity index (χ2n) is 5.40. The number of nitrogens with one attached hydrogen (secondary N) is 1. The first-order valence-corrected chi connectivity index (χ1v) is 8.13. The van der Waals surface area contributed by atoms with Crippen LogP contribution in [-0.4, -0.2) is 30.0 Å². The number of benzene rings is 1. The van der Waals surface area contributed by atoms with E-state index in [4.69, 9.17) is 9.47 Å². The summed E-state index contributed by atoms with van der Waals surface area (Å²) in [7, 11) is 0. The highest BCUT2D eigenvalue weighted by Crippen LogP contribution is 2.35. The van der Waals surface area contributed by atoms with E-state index in [2.05, 4.69) is 21.2 Å². The number of ether oxygens (including phenoxy) is 2. The molecule has 2 aliphatic rings. The molecule has 1 saturated carbocycles. The number of hydrogen-bond donors (Lipinski definition) is 1. The van der Waals surface area contributed by atoms with Crippen molar-refractivity contribution >= 4 is 21.8 Å². The summed E-state index contributed by atoms with van der Waals surface area (Å²) in [6, 6.07) is 5.46. The van der Waals surface area contributed by atoms with E-state index in [-0.39, 0.29) is 11.4 Å². The molecule has 1 aromatic carbocycles. The van der Waals surface area contributed by atoms with E-state index in [0.717, 1.165) is 18.2 Å². The lowest BCUT2D eigenvalue weighted by Crippen LogP contribution is -2.47. The molecule has 5 heteroatoms. The number of alkyl halides is 1. The second-order valence-corrected chi connectivity index (χ2v) is 5.97. The average Bonchev–Trinajstić information content (AvgIpc) is 2.95. The molecule has 0 bridgehead atoms. The maximum absolute atomic E-state index is 12.6. The largest absolute Gasteiger partial charge is 0.486 e. The van der Waals surface area contributed by atoms with Gasteiger partial charge in [0.05, 0.1) is 11.1 Å². The van der Waals surface area contributed by atoms with Crippen molar-refractivity contribution < 1.29 is 14.3 Å². The highest BCUT2D eigenvalue weighted by Gasteiger charge is 2.35. The van der Waals surface area contributed by atoms with Crippen molar-refractivity contribution in [1.82, 2.24) is 5.32 Å². The third kappa shape index (κ3) is 2.51. The number of carbonyl (C=O) groups is 1. The minimum absolute atomic E-state index is 0.0753. The van der Waals surface area contributed by atoms with Gasteiger partial charge in [0.15, 0.2) is 11.5 Å². The Labute approximate surface area is 127 Å². The zero-order chi connectivity index (χ0) is 14.0. The normalized spacial score (nSPS) is 19.6. The van der Waals surface area contributed by atoms with E-state index < -0.39 is 0 Å². The highest BCUT2D eigenvalue weighted by atomic mass is 79.9. The fourth-order valence-corrected chi connectivity index (χ4v) is 3.61. The summed E-state index contributed by atoms with van der Waals surface area (Å²) in [6.45, 7) is 1.02. The molecule has 1 aromatic rings. The van der Waals surface area contributed by atoms with Gasteiger partial charge in [-0.25, -0.2) is 0 Å². The molecule has 3 rings (SSSR count). The molecule has 1 aliphatic heterocycles. The van der Waals surface area contributed by atoms with Crippen LogP contribution in [-0.2, 0) is 0 Å². The Morgan fingerprint density at radius 1 is 1.25 bits per heavy atom. The van der Waals surface area contributed by atoms with E-state index in [1.54, 1.807) is 6.07 Å². The maximum atomic E-state index is 12.6. The first-order chi connectivity index (χ1) is 9.74. The summed E-state index contributed by atoms with van der Waals surface area (Å²) >= 11 is 3.54. The predicted molar refractivity (Wildman–Crippen MR) is 79.9 cm³/mol. The number of para-hydroxylation sites is 1. The van der Waals surface area contributed by atoms with Crippen LogP contribution in [0.15, 0.2) is 18.2 Å². The van der Waals surface area contributed by atoms with Crippen LogP contribution in [0.4, 0.5) is 0 Å². The molecular formula is C15H18BrNO3. The molecule has 1 fully saturated rings. The molecule has 0 spiro atoms. The van der Waals surface area contributed by atoms with Gasteiger partial charge in [-0.2, -0.15) is 0 Å². The minimum Gasteiger partial charge on any atom is -0.486 e. The van der Waals surface area contributed by atoms with Gasteiger partial charge >= 0.3 is 0 Å². The molecule has 0 saturated heterocycles. The molecule has 4 nitrogen and oxygen atoms in total. The minimum atomic E-state index is -0.116. The van der Waals surface area contributed by atoms with Crippen LogP contribution in [0.25, 0.3) is 0 Å². The Balaban J connectivity index is 1.84. The van der Waals surface area contributed by atoms with Crippen molar-refractivity contribution in [3.05, 3.63) is 23.8 Å². The molecule has 20 heavy (non-hydrogen) atoms. The topological polar surface area (TPSA) is 47.6 Å². The zero-order valence-electron chi connectivity index (χ0n) is 11.3. The van der Waals surface area contributed by atoms with Crippen LogP contribution < -0.4 is 14.8 Å². The first kappa shape index (κ1) is 13.7. The molecule has 0 aromatic heterocycles. The number of carbonyl (C=O) groups excluding carboxylic acids is 1. The van der Waals surface area contributed by atoms with Crippen LogP contribution >= 0.6 is 15.9 Å². The molecule has 108 valence electrons. The molecule has 1 aliphatic carbocycles. The molecule has 1 amide bonds. The molecule has 1 N–H and O–H groups in total. The van der Waals surface area contributed by atoms with Gasteiger partial charge in [-0.15, -0.1) is 0 Å². The summed E-state index contributed by atoms with van der Waals surface area (Å²) < 4.78 is 11.1. The van der Waals surface area contributed by atoms with Crippen molar-refractivity contribution in [1.29, 1.82) is 0 Å². The zero-order valence-corrected chi connectivity index (χ0v) is 12.9. The van der Waals surface area contributed by atoms with Crippen LogP contribution in [0.5, 0.6) is 11.5 Å². The number of amides is 1. The monoisotopic (exact) mass is 339 g/mol. The van der Waals surface area contributed by atoms with Crippen LogP contribution in [0.3, 0.4) is 0 Å². The van der Waals surface area contributed by atoms with Crippen molar-refractivity contribution in [2.45, 2.75) is 31.2 Å². The summed E-state index contributed by atoms with van der Waals surface area (Å²) in [6.07, 6.45) is 4.38. The average molecular weight is 340 g/mol. The quantitative estimate of drug-likeness (QED) is 0.861. The molecule has 0 radical (unpaired) electrons. The van der Waals surface area contributed by atoms with Gasteiger partial charge in [0, 0.05) is 5.33 Å². The van der Waals surface area contributed by atoms with Crippen LogP contribution in [0.2, 0.25) is 0 Å². The fourth-order valence-electron chi connectivity index (χ4n) is 2.90. The lowest BCUT2D eigenvalue weighted by atomic mass is 9.99. The van der Waals surface area contributed by atoms with Crippen molar-refractivity contribution in [2.75, 3.05) is 18.5 Å². The second kappa shape index (κ2) is 5.64. The van der Waals surface area contributed by atoms with Crippen molar-refractivity contribution in [3.63, 3.8) is 0 Å². The number of halogens is 1. The number of hydrogen-bond acceptors (Lipinski definition) is 3. The van der Waals surface area contributed by atoms with Gasteiger partial charge < -0.3 is 14.8 Å². The highest BCUT2D eigenvalue weighted by molar-refractivity contribution is 9.09. The first-order valence-electron chi connectivity index (χ1n) is 7.01. The summed E-state index contributed by atoms with van der Waals surface area (Å²) in [5.74, 6) is 1.15. The van der Waals surface area contributed by atoms with E-state index >= 15 is 0 Å². The van der Waals surface area contributed by atoms with Crippen LogP contribution in [0.1, 0.15) is 36.0 Å². The third-order valence-corrected chi connectivity index (χ3v) is 5.08. The predicted octanol–water partition coefficient (Wildman–Crippen LogP) is 2.90. The summed E-state index contributed by atoms with van der Waals surface area (Å²) in [5.41, 5.74) is 0.449. The molecule has 0 atom stereocenters. The summed E-state index contributed by atoms with van der Waals surface area (Å²) in [4.78, 5) is 12.6. The van der Waals surface area contributed by atoms with Gasteiger partial charge in [0.25, 0.3) is 5.91 Å². The summed E-state index contributed by atoms with van der Waals surface area (Å²) in [5, 5.41) is 3.98. The Hall–Kier alpha value is -1.23. The lowest BCUT2D eigenvalue weighted by Gasteiger charge is -2.29. The maximum Gasteiger partial charge on any atom is 0.255 e. The van der Waals surface area contributed by atoms with Crippen molar-refractivity contribution in [2.24, 2.45) is 0 Å². The van der Waals surface area contributed by atoms with Crippen LogP contribution in [0, 0.1) is 0 Å². The van der Waals surface area contributed by atoms with Crippen molar-refractivity contribution in [3.8, 4) is 11.5 Å². The Morgan fingerprint density at radius 3 is 2.75 bits per heavy atom. The van der Waals surface area contributed by atoms with E-state index in [1.165, 1.54) is 12.8 Å². The van der Waals surface area contributed by atoms with E-state index in [9.17, 15) is 4.79 Å². The molecule has 0 unspecified atom stereocenters. The Bertz CT molecular complexity index is 512. The standard InChI is InChI=1S/C15H18BrNO3/c16-10-15(6-1-2-7-15)17-14(18)11-4-3-5-12-13(11)20-9-8-19-12/h3-5H,1-2,6-10H2,(H,17,18). The lowest BCUT2D eigenvalue weighted by molar-refractivity contribution is 0.0899. The smallest absolute Gasteiger partial charge is 0.255 e. The van der Waals surface area contributed by atoms with E-state index in [1.807, 2.05) is 12.1 Å². The Morgan fingerprint density at radius 2 is 2.00 bits per heavy atom. The fraction of sp³-hybridized carbons (Fsp3) is 0.533. The van der Waals surface area contributed by atoms with Gasteiger partial charge in [-0.3, -0.25) is 4.79 Å². The Kier molecular flexibility index (Phi) is 3.87. The third-order valence-electron chi connectivity index (χ3n) is 4.01. The van der Waals surface area contributed by atoms with Gasteiger partial charge in [-0.05, 0) is 25.0 Å².